The second-order valence-electron chi connectivity index (χ2n) is 10.7. The molecule has 4 amide bonds. The van der Waals surface area contributed by atoms with Gasteiger partial charge >= 0.3 is 12.5 Å². The molecule has 48 heavy (non-hydrogen) atoms. The van der Waals surface area contributed by atoms with Gasteiger partial charge in [0, 0.05) is 24.4 Å². The maximum Gasteiger partial charge on any atom is 0.573 e. The van der Waals surface area contributed by atoms with E-state index >= 15 is 0 Å². The number of nitrogens with zero attached hydrogens (tertiary/aromatic N) is 3. The smallest absolute Gasteiger partial charge is 0.449 e. The van der Waals surface area contributed by atoms with Crippen molar-refractivity contribution in [3.63, 3.8) is 0 Å². The lowest BCUT2D eigenvalue weighted by atomic mass is 9.98. The number of ether oxygens (including phenoxy) is 2. The van der Waals surface area contributed by atoms with Crippen LogP contribution in [-0.4, -0.2) is 69.5 Å². The number of halogens is 3. The van der Waals surface area contributed by atoms with E-state index in [-0.39, 0.29) is 43.3 Å². The lowest BCUT2D eigenvalue weighted by molar-refractivity contribution is -0.274. The average Bonchev–Trinajstić information content (AvgIpc) is 3.67. The third-order valence-corrected chi connectivity index (χ3v) is 7.40. The number of amides is 4. The number of H-pyrrole nitrogens is 1. The standard InChI is InChI=1S/C31H29F3N8O6/c32-31(33,34)48-18-11-9-17(10-12-18)36-28(44)24(13-14-26(35)43)37-29(45)25(15-27-39-41-42-40-27)38-30(46)47-16-23-21-7-3-1-5-19(21)20-6-2-4-8-22(20)23/h1-12,23-25H,13-16H2,(H2,35,43)(H,36,44)(H,37,45)(H,38,46)(H,39,40,41,42)/t24-,25-/m0/s1. The van der Waals surface area contributed by atoms with Crippen LogP contribution in [0.25, 0.3) is 11.1 Å². The Morgan fingerprint density at radius 1 is 0.875 bits per heavy atom. The fourth-order valence-corrected chi connectivity index (χ4v) is 5.24. The van der Waals surface area contributed by atoms with Gasteiger partial charge in [-0.15, -0.1) is 23.4 Å². The van der Waals surface area contributed by atoms with E-state index in [1.54, 1.807) is 0 Å². The third kappa shape index (κ3) is 8.62. The van der Waals surface area contributed by atoms with E-state index in [9.17, 15) is 32.3 Å². The van der Waals surface area contributed by atoms with Crippen molar-refractivity contribution in [1.29, 1.82) is 0 Å². The monoisotopic (exact) mass is 666 g/mol. The number of carbonyl (C=O) groups excluding carboxylic acids is 4. The number of carbonyl (C=O) groups is 4. The molecule has 0 spiro atoms. The number of nitrogens with one attached hydrogen (secondary N) is 4. The van der Waals surface area contributed by atoms with Crippen molar-refractivity contribution in [2.24, 2.45) is 5.73 Å². The molecule has 0 unspecified atom stereocenters. The molecule has 0 bridgehead atoms. The van der Waals surface area contributed by atoms with E-state index in [0.717, 1.165) is 46.5 Å². The van der Waals surface area contributed by atoms with Gasteiger partial charge in [0.2, 0.25) is 17.7 Å². The zero-order chi connectivity index (χ0) is 34.3. The molecule has 250 valence electrons. The molecule has 17 heteroatoms. The largest absolute Gasteiger partial charge is 0.573 e. The van der Waals surface area contributed by atoms with Crippen LogP contribution in [0.4, 0.5) is 23.7 Å². The molecular formula is C31H29F3N8O6. The van der Waals surface area contributed by atoms with Gasteiger partial charge < -0.3 is 31.2 Å². The highest BCUT2D eigenvalue weighted by Crippen LogP contribution is 2.44. The van der Waals surface area contributed by atoms with Crippen molar-refractivity contribution >= 4 is 29.5 Å². The highest BCUT2D eigenvalue weighted by molar-refractivity contribution is 5.98. The van der Waals surface area contributed by atoms with E-state index in [4.69, 9.17) is 10.5 Å². The first-order chi connectivity index (χ1) is 23.0. The number of fused-ring (bicyclic) bond motifs is 3. The number of aromatic nitrogens is 4. The molecule has 0 fully saturated rings. The van der Waals surface area contributed by atoms with Gasteiger partial charge in [-0.1, -0.05) is 53.7 Å². The Hall–Kier alpha value is -6.00. The fourth-order valence-electron chi connectivity index (χ4n) is 5.24. The van der Waals surface area contributed by atoms with Crippen molar-refractivity contribution < 1.29 is 41.8 Å². The minimum atomic E-state index is -4.90. The number of tetrazole rings is 1. The lowest BCUT2D eigenvalue weighted by Gasteiger charge is -2.23. The molecule has 0 saturated carbocycles. The van der Waals surface area contributed by atoms with Gasteiger partial charge in [0.1, 0.15) is 24.4 Å². The minimum Gasteiger partial charge on any atom is -0.449 e. The molecule has 6 N–H and O–H groups in total. The van der Waals surface area contributed by atoms with Crippen LogP contribution < -0.4 is 26.4 Å². The second kappa shape index (κ2) is 14.6. The summed E-state index contributed by atoms with van der Waals surface area (Å²) >= 11 is 0. The normalized spacial score (nSPS) is 13.4. The van der Waals surface area contributed by atoms with Crippen LogP contribution in [0.2, 0.25) is 0 Å². The van der Waals surface area contributed by atoms with Gasteiger partial charge in [-0.3, -0.25) is 14.4 Å². The molecular weight excluding hydrogens is 637 g/mol. The molecule has 1 aliphatic carbocycles. The number of aromatic amines is 1. The maximum atomic E-state index is 13.5. The van der Waals surface area contributed by atoms with Crippen LogP contribution in [0.5, 0.6) is 5.75 Å². The van der Waals surface area contributed by atoms with Crippen LogP contribution in [0, 0.1) is 0 Å². The van der Waals surface area contributed by atoms with E-state index in [0.29, 0.717) is 0 Å². The molecule has 0 saturated heterocycles. The Morgan fingerprint density at radius 3 is 2.10 bits per heavy atom. The zero-order valence-corrected chi connectivity index (χ0v) is 25.0. The van der Waals surface area contributed by atoms with Crippen LogP contribution in [0.1, 0.15) is 35.7 Å². The summed E-state index contributed by atoms with van der Waals surface area (Å²) in [5.41, 5.74) is 9.37. The number of benzene rings is 3. The van der Waals surface area contributed by atoms with Crippen molar-refractivity contribution in [1.82, 2.24) is 31.3 Å². The maximum absolute atomic E-state index is 13.5. The van der Waals surface area contributed by atoms with Gasteiger partial charge in [0.15, 0.2) is 5.82 Å². The van der Waals surface area contributed by atoms with E-state index in [1.807, 2.05) is 48.5 Å². The number of anilines is 1. The van der Waals surface area contributed by atoms with E-state index in [1.165, 1.54) is 0 Å². The van der Waals surface area contributed by atoms with Gasteiger partial charge in [0.05, 0.1) is 0 Å². The number of hydrogen-bond donors (Lipinski definition) is 5. The highest BCUT2D eigenvalue weighted by Gasteiger charge is 2.33. The molecule has 1 aliphatic rings. The lowest BCUT2D eigenvalue weighted by Crippen LogP contribution is -2.53. The molecule has 14 nitrogen and oxygen atoms in total. The third-order valence-electron chi connectivity index (χ3n) is 7.40. The topological polar surface area (TPSA) is 203 Å². The SMILES string of the molecule is NC(=O)CC[C@H](NC(=O)[C@H](Cc1nn[nH]n1)NC(=O)OCC1c2ccccc2-c2ccccc21)C(=O)Nc1ccc(OC(F)(F)F)cc1. The summed E-state index contributed by atoms with van der Waals surface area (Å²) in [6.07, 6.45) is -6.62. The Balaban J connectivity index is 1.26. The number of alkyl carbamates (subject to hydrolysis) is 1. The Bertz CT molecular complexity index is 1720. The number of rotatable bonds is 13. The predicted molar refractivity (Wildman–Crippen MR) is 162 cm³/mol. The molecule has 4 aromatic rings. The summed E-state index contributed by atoms with van der Waals surface area (Å²) in [5.74, 6) is -3.11. The van der Waals surface area contributed by atoms with Crippen molar-refractivity contribution in [2.75, 3.05) is 11.9 Å². The van der Waals surface area contributed by atoms with Gasteiger partial charge in [-0.25, -0.2) is 4.79 Å². The summed E-state index contributed by atoms with van der Waals surface area (Å²) in [7, 11) is 0. The summed E-state index contributed by atoms with van der Waals surface area (Å²) in [6, 6.07) is 17.1. The summed E-state index contributed by atoms with van der Waals surface area (Å²) in [5, 5.41) is 20.8. The first-order valence-corrected chi connectivity index (χ1v) is 14.6. The molecule has 1 aromatic heterocycles. The molecule has 3 aromatic carbocycles. The minimum absolute atomic E-state index is 0.0349. The average molecular weight is 667 g/mol. The number of primary amides is 1. The second-order valence-corrected chi connectivity index (χ2v) is 10.7. The van der Waals surface area contributed by atoms with Crippen molar-refractivity contribution in [2.45, 2.75) is 43.6 Å². The van der Waals surface area contributed by atoms with Crippen LogP contribution in [-0.2, 0) is 25.5 Å². The van der Waals surface area contributed by atoms with E-state index in [2.05, 4.69) is 41.3 Å². The summed E-state index contributed by atoms with van der Waals surface area (Å²) in [6.45, 7) is -0.0349. The van der Waals surface area contributed by atoms with Gasteiger partial charge in [-0.2, -0.15) is 5.21 Å². The fraction of sp³-hybridized carbons (Fsp3) is 0.258. The molecule has 2 atom stereocenters. The van der Waals surface area contributed by atoms with Crippen LogP contribution in [0.15, 0.2) is 72.8 Å². The Kier molecular flexibility index (Phi) is 10.2. The van der Waals surface area contributed by atoms with Crippen molar-refractivity contribution in [3.8, 4) is 16.9 Å². The summed E-state index contributed by atoms with van der Waals surface area (Å²) < 4.78 is 46.9. The molecule has 0 aliphatic heterocycles. The number of hydrogen-bond acceptors (Lipinski definition) is 9. The Labute approximate surface area is 270 Å². The van der Waals surface area contributed by atoms with E-state index < -0.39 is 48.0 Å². The quantitative estimate of drug-likeness (QED) is 0.142. The van der Waals surface area contributed by atoms with Crippen LogP contribution >= 0.6 is 0 Å². The van der Waals surface area contributed by atoms with Crippen molar-refractivity contribution in [3.05, 3.63) is 89.7 Å². The first-order valence-electron chi connectivity index (χ1n) is 14.6. The summed E-state index contributed by atoms with van der Waals surface area (Å²) in [4.78, 5) is 51.2. The number of alkyl halides is 3. The highest BCUT2D eigenvalue weighted by atomic mass is 19.4. The first kappa shape index (κ1) is 33.4. The Morgan fingerprint density at radius 2 is 1.52 bits per heavy atom. The zero-order valence-electron chi connectivity index (χ0n) is 25.0. The van der Waals surface area contributed by atoms with Gasteiger partial charge in [0.25, 0.3) is 0 Å². The molecule has 0 radical (unpaired) electrons. The molecule has 1 heterocycles. The van der Waals surface area contributed by atoms with Gasteiger partial charge in [-0.05, 0) is 52.9 Å². The number of nitrogens with two attached hydrogens (primary N) is 1. The van der Waals surface area contributed by atoms with Crippen LogP contribution in [0.3, 0.4) is 0 Å². The molecule has 5 rings (SSSR count). The predicted octanol–water partition coefficient (Wildman–Crippen LogP) is 2.94.